The van der Waals surface area contributed by atoms with E-state index in [2.05, 4.69) is 4.98 Å². The highest BCUT2D eigenvalue weighted by Gasteiger charge is 2.39. The quantitative estimate of drug-likeness (QED) is 0.799. The fraction of sp³-hybridized carbons (Fsp3) is 0.375. The SMILES string of the molecule is Cc1cccnc1[C@@H](N)C(F)(F)F.Cl. The van der Waals surface area contributed by atoms with E-state index >= 15 is 0 Å². The fourth-order valence-corrected chi connectivity index (χ4v) is 0.979. The van der Waals surface area contributed by atoms with Gasteiger partial charge in [-0.2, -0.15) is 13.2 Å². The Balaban J connectivity index is 0.00000169. The number of aromatic nitrogens is 1. The van der Waals surface area contributed by atoms with E-state index in [9.17, 15) is 13.2 Å². The van der Waals surface area contributed by atoms with Gasteiger partial charge in [0.1, 0.15) is 6.04 Å². The van der Waals surface area contributed by atoms with Crippen LogP contribution in [-0.4, -0.2) is 11.2 Å². The summed E-state index contributed by atoms with van der Waals surface area (Å²) in [5.74, 6) is 0. The van der Waals surface area contributed by atoms with E-state index in [1.807, 2.05) is 0 Å². The second kappa shape index (κ2) is 4.61. The summed E-state index contributed by atoms with van der Waals surface area (Å²) in [7, 11) is 0. The van der Waals surface area contributed by atoms with Crippen LogP contribution in [0.5, 0.6) is 0 Å². The van der Waals surface area contributed by atoms with Crippen molar-refractivity contribution < 1.29 is 13.2 Å². The lowest BCUT2D eigenvalue weighted by molar-refractivity contribution is -0.150. The Kier molecular flexibility index (Phi) is 4.35. The summed E-state index contributed by atoms with van der Waals surface area (Å²) in [4.78, 5) is 3.60. The van der Waals surface area contributed by atoms with Gasteiger partial charge in [-0.1, -0.05) is 6.07 Å². The fourth-order valence-electron chi connectivity index (χ4n) is 0.979. The minimum atomic E-state index is -4.43. The lowest BCUT2D eigenvalue weighted by atomic mass is 10.1. The third-order valence-corrected chi connectivity index (χ3v) is 1.70. The maximum absolute atomic E-state index is 12.1. The first-order valence-electron chi connectivity index (χ1n) is 3.66. The minimum absolute atomic E-state index is 0. The van der Waals surface area contributed by atoms with Gasteiger partial charge < -0.3 is 5.73 Å². The average molecular weight is 227 g/mol. The molecule has 0 fully saturated rings. The van der Waals surface area contributed by atoms with Crippen molar-refractivity contribution in [2.75, 3.05) is 0 Å². The zero-order valence-corrected chi connectivity index (χ0v) is 8.19. The lowest BCUT2D eigenvalue weighted by Gasteiger charge is -2.16. The van der Waals surface area contributed by atoms with Gasteiger partial charge in [0.05, 0.1) is 5.69 Å². The Morgan fingerprint density at radius 3 is 2.43 bits per heavy atom. The average Bonchev–Trinajstić information content (AvgIpc) is 2.02. The third kappa shape index (κ3) is 2.85. The van der Waals surface area contributed by atoms with E-state index in [1.165, 1.54) is 6.20 Å². The van der Waals surface area contributed by atoms with Crippen molar-refractivity contribution in [1.29, 1.82) is 0 Å². The number of hydrogen-bond donors (Lipinski definition) is 1. The van der Waals surface area contributed by atoms with Gasteiger partial charge in [-0.25, -0.2) is 0 Å². The Morgan fingerprint density at radius 1 is 1.43 bits per heavy atom. The number of pyridine rings is 1. The first kappa shape index (κ1) is 13.2. The molecule has 0 aliphatic rings. The lowest BCUT2D eigenvalue weighted by Crippen LogP contribution is -2.29. The number of rotatable bonds is 1. The molecule has 0 aliphatic carbocycles. The summed E-state index contributed by atoms with van der Waals surface area (Å²) in [6, 6.07) is 1.13. The van der Waals surface area contributed by atoms with Gasteiger partial charge in [-0.3, -0.25) is 4.98 Å². The number of alkyl halides is 3. The molecule has 6 heteroatoms. The first-order valence-corrected chi connectivity index (χ1v) is 3.66. The topological polar surface area (TPSA) is 38.9 Å². The van der Waals surface area contributed by atoms with Crippen molar-refractivity contribution in [3.8, 4) is 0 Å². The molecule has 14 heavy (non-hydrogen) atoms. The van der Waals surface area contributed by atoms with E-state index in [0.29, 0.717) is 5.56 Å². The Bertz CT molecular complexity index is 301. The van der Waals surface area contributed by atoms with Gasteiger partial charge in [-0.05, 0) is 18.6 Å². The summed E-state index contributed by atoms with van der Waals surface area (Å²) in [5, 5.41) is 0. The van der Waals surface area contributed by atoms with Crippen molar-refractivity contribution >= 4 is 12.4 Å². The van der Waals surface area contributed by atoms with E-state index in [1.54, 1.807) is 19.1 Å². The summed E-state index contributed by atoms with van der Waals surface area (Å²) < 4.78 is 36.4. The number of halogens is 4. The van der Waals surface area contributed by atoms with Crippen molar-refractivity contribution in [2.24, 2.45) is 5.73 Å². The van der Waals surface area contributed by atoms with Crippen LogP contribution in [0.25, 0.3) is 0 Å². The molecule has 1 atom stereocenters. The van der Waals surface area contributed by atoms with E-state index in [-0.39, 0.29) is 18.1 Å². The van der Waals surface area contributed by atoms with Gasteiger partial charge in [-0.15, -0.1) is 12.4 Å². The molecule has 0 amide bonds. The molecule has 0 saturated carbocycles. The molecular formula is C8H10ClF3N2. The van der Waals surface area contributed by atoms with Crippen molar-refractivity contribution in [2.45, 2.75) is 19.1 Å². The zero-order valence-electron chi connectivity index (χ0n) is 7.38. The highest BCUT2D eigenvalue weighted by molar-refractivity contribution is 5.85. The van der Waals surface area contributed by atoms with E-state index in [0.717, 1.165) is 0 Å². The molecule has 80 valence electrons. The van der Waals surface area contributed by atoms with Gasteiger partial charge in [0.2, 0.25) is 0 Å². The van der Waals surface area contributed by atoms with Crippen LogP contribution in [0.1, 0.15) is 17.3 Å². The Morgan fingerprint density at radius 2 is 2.00 bits per heavy atom. The van der Waals surface area contributed by atoms with Crippen LogP contribution >= 0.6 is 12.4 Å². The number of nitrogens with zero attached hydrogens (tertiary/aromatic N) is 1. The minimum Gasteiger partial charge on any atom is -0.315 e. The largest absolute Gasteiger partial charge is 0.409 e. The molecule has 0 saturated heterocycles. The predicted molar refractivity (Wildman–Crippen MR) is 49.2 cm³/mol. The van der Waals surface area contributed by atoms with Crippen LogP contribution in [0.3, 0.4) is 0 Å². The third-order valence-electron chi connectivity index (χ3n) is 1.70. The maximum Gasteiger partial charge on any atom is 0.409 e. The highest BCUT2D eigenvalue weighted by atomic mass is 35.5. The number of hydrogen-bond acceptors (Lipinski definition) is 2. The van der Waals surface area contributed by atoms with Crippen LogP contribution < -0.4 is 5.73 Å². The summed E-state index contributed by atoms with van der Waals surface area (Å²) in [5.41, 5.74) is 5.32. The molecular weight excluding hydrogens is 217 g/mol. The first-order chi connectivity index (χ1) is 5.93. The normalized spacial score (nSPS) is 13.2. The number of nitrogens with two attached hydrogens (primary N) is 1. The summed E-state index contributed by atoms with van der Waals surface area (Å²) >= 11 is 0. The van der Waals surface area contributed by atoms with Gasteiger partial charge in [0, 0.05) is 6.20 Å². The maximum atomic E-state index is 12.1. The molecule has 0 aromatic carbocycles. The van der Waals surface area contributed by atoms with E-state index in [4.69, 9.17) is 5.73 Å². The second-order valence-corrected chi connectivity index (χ2v) is 2.72. The standard InChI is InChI=1S/C8H9F3N2.ClH/c1-5-3-2-4-13-6(5)7(12)8(9,10)11;/h2-4,7H,12H2,1H3;1H/t7-;/m1./s1. The monoisotopic (exact) mass is 226 g/mol. The molecule has 0 spiro atoms. The van der Waals surface area contributed by atoms with Crippen LogP contribution in [-0.2, 0) is 0 Å². The molecule has 0 unspecified atom stereocenters. The van der Waals surface area contributed by atoms with Crippen molar-refractivity contribution in [3.05, 3.63) is 29.6 Å². The molecule has 0 radical (unpaired) electrons. The molecule has 0 aliphatic heterocycles. The number of aryl methyl sites for hydroxylation is 1. The zero-order chi connectivity index (χ0) is 10.1. The molecule has 1 aromatic rings. The summed E-state index contributed by atoms with van der Waals surface area (Å²) in [6.07, 6.45) is -3.13. The Hall–Kier alpha value is -0.810. The molecule has 0 bridgehead atoms. The van der Waals surface area contributed by atoms with Crippen LogP contribution in [0, 0.1) is 6.92 Å². The highest BCUT2D eigenvalue weighted by Crippen LogP contribution is 2.30. The second-order valence-electron chi connectivity index (χ2n) is 2.72. The van der Waals surface area contributed by atoms with Crippen LogP contribution in [0.4, 0.5) is 13.2 Å². The molecule has 2 N–H and O–H groups in total. The van der Waals surface area contributed by atoms with Crippen LogP contribution in [0.15, 0.2) is 18.3 Å². The molecule has 1 rings (SSSR count). The molecule has 2 nitrogen and oxygen atoms in total. The van der Waals surface area contributed by atoms with Crippen molar-refractivity contribution in [1.82, 2.24) is 4.98 Å². The van der Waals surface area contributed by atoms with Crippen molar-refractivity contribution in [3.63, 3.8) is 0 Å². The smallest absolute Gasteiger partial charge is 0.315 e. The van der Waals surface area contributed by atoms with Gasteiger partial charge in [0.15, 0.2) is 0 Å². The van der Waals surface area contributed by atoms with Gasteiger partial charge >= 0.3 is 6.18 Å². The Labute approximate surface area is 85.7 Å². The molecule has 1 aromatic heterocycles. The van der Waals surface area contributed by atoms with Crippen LogP contribution in [0.2, 0.25) is 0 Å². The molecule has 1 heterocycles. The predicted octanol–water partition coefficient (Wildman–Crippen LogP) is 2.37. The van der Waals surface area contributed by atoms with E-state index < -0.39 is 12.2 Å². The van der Waals surface area contributed by atoms with Gasteiger partial charge in [0.25, 0.3) is 0 Å². The summed E-state index contributed by atoms with van der Waals surface area (Å²) in [6.45, 7) is 1.55.